The maximum atomic E-state index is 5.09. The Balaban J connectivity index is 1.57. The number of anilines is 1. The van der Waals surface area contributed by atoms with Crippen molar-refractivity contribution in [3.63, 3.8) is 0 Å². The predicted molar refractivity (Wildman–Crippen MR) is 140 cm³/mol. The summed E-state index contributed by atoms with van der Waals surface area (Å²) in [5.41, 5.74) is 10.2. The molecule has 1 saturated heterocycles. The molecule has 4 nitrogen and oxygen atoms in total. The van der Waals surface area contributed by atoms with Crippen molar-refractivity contribution in [1.29, 1.82) is 0 Å². The van der Waals surface area contributed by atoms with Crippen LogP contribution in [0.4, 0.5) is 5.69 Å². The van der Waals surface area contributed by atoms with Crippen LogP contribution in [-0.2, 0) is 0 Å². The van der Waals surface area contributed by atoms with E-state index in [-0.39, 0.29) is 0 Å². The van der Waals surface area contributed by atoms with Crippen LogP contribution in [0, 0.1) is 40.5 Å². The Morgan fingerprint density at radius 2 is 1.61 bits per heavy atom. The summed E-state index contributed by atoms with van der Waals surface area (Å²) in [7, 11) is 0. The van der Waals surface area contributed by atoms with Crippen LogP contribution < -0.4 is 4.90 Å². The highest BCUT2D eigenvalue weighted by atomic mass is 15.2. The number of benzene rings is 1. The molecule has 1 aliphatic heterocycles. The molecular weight excluding hydrogens is 404 g/mol. The molecule has 1 aliphatic carbocycles. The van der Waals surface area contributed by atoms with Crippen molar-refractivity contribution in [2.45, 2.75) is 66.7 Å². The number of hydrogen-bond acceptors (Lipinski definition) is 3. The van der Waals surface area contributed by atoms with E-state index in [0.717, 1.165) is 23.8 Å². The SMILES string of the molecule is Cc1cc(C)c(-n2cc(C)c3c(N(CCN4CCCCC4)CC4CC4)cc(C)nc32)c(C)c1. The van der Waals surface area contributed by atoms with Gasteiger partial charge in [0, 0.05) is 42.6 Å². The first-order chi connectivity index (χ1) is 15.9. The van der Waals surface area contributed by atoms with Gasteiger partial charge < -0.3 is 14.4 Å². The van der Waals surface area contributed by atoms with Crippen LogP contribution in [-0.4, -0.2) is 47.2 Å². The minimum Gasteiger partial charge on any atom is -0.369 e. The fourth-order valence-electron chi connectivity index (χ4n) is 5.85. The first kappa shape index (κ1) is 22.5. The highest BCUT2D eigenvalue weighted by Gasteiger charge is 2.27. The van der Waals surface area contributed by atoms with Gasteiger partial charge in [0.25, 0.3) is 0 Å². The van der Waals surface area contributed by atoms with E-state index in [1.165, 1.54) is 97.3 Å². The minimum absolute atomic E-state index is 0.860. The van der Waals surface area contributed by atoms with Gasteiger partial charge in [-0.05, 0) is 102 Å². The first-order valence-corrected chi connectivity index (χ1v) is 13.0. The standard InChI is InChI=1S/C29H40N4/c1-20-15-21(2)28(22(3)16-20)33-18-23(4)27-26(17-24(5)30-29(27)33)32(19-25-9-10-25)14-13-31-11-7-6-8-12-31/h15-18,25H,6-14,19H2,1-5H3. The Morgan fingerprint density at radius 1 is 0.909 bits per heavy atom. The number of fused-ring (bicyclic) bond motifs is 1. The average molecular weight is 445 g/mol. The van der Waals surface area contributed by atoms with Crippen LogP contribution in [0.1, 0.15) is 60.1 Å². The molecule has 0 amide bonds. The molecule has 33 heavy (non-hydrogen) atoms. The van der Waals surface area contributed by atoms with Crippen molar-refractivity contribution in [3.8, 4) is 5.69 Å². The summed E-state index contributed by atoms with van der Waals surface area (Å²) < 4.78 is 2.35. The molecule has 4 heteroatoms. The molecule has 176 valence electrons. The molecule has 2 aromatic heterocycles. The third kappa shape index (κ3) is 4.68. The number of pyridine rings is 1. The smallest absolute Gasteiger partial charge is 0.147 e. The number of piperidine rings is 1. The third-order valence-corrected chi connectivity index (χ3v) is 7.58. The zero-order valence-corrected chi connectivity index (χ0v) is 21.2. The van der Waals surface area contributed by atoms with Crippen LogP contribution in [0.15, 0.2) is 24.4 Å². The van der Waals surface area contributed by atoms with Crippen LogP contribution in [0.2, 0.25) is 0 Å². The Kier molecular flexibility index (Phi) is 6.22. The molecule has 0 radical (unpaired) electrons. The molecule has 5 rings (SSSR count). The van der Waals surface area contributed by atoms with E-state index < -0.39 is 0 Å². The van der Waals surface area contributed by atoms with Gasteiger partial charge in [-0.25, -0.2) is 4.98 Å². The van der Waals surface area contributed by atoms with Gasteiger partial charge in [0.05, 0.1) is 5.69 Å². The minimum atomic E-state index is 0.860. The Hall–Kier alpha value is -2.33. The fourth-order valence-corrected chi connectivity index (χ4v) is 5.85. The average Bonchev–Trinajstić information content (AvgIpc) is 3.53. The maximum absolute atomic E-state index is 5.09. The topological polar surface area (TPSA) is 24.3 Å². The van der Waals surface area contributed by atoms with Crippen molar-refractivity contribution in [2.24, 2.45) is 5.92 Å². The van der Waals surface area contributed by atoms with Crippen molar-refractivity contribution in [2.75, 3.05) is 37.6 Å². The Morgan fingerprint density at radius 3 is 2.27 bits per heavy atom. The first-order valence-electron chi connectivity index (χ1n) is 13.0. The largest absolute Gasteiger partial charge is 0.369 e. The molecule has 0 N–H and O–H groups in total. The highest BCUT2D eigenvalue weighted by Crippen LogP contribution is 2.37. The summed E-state index contributed by atoms with van der Waals surface area (Å²) in [6.45, 7) is 17.1. The summed E-state index contributed by atoms with van der Waals surface area (Å²) >= 11 is 0. The van der Waals surface area contributed by atoms with Gasteiger partial charge in [0.15, 0.2) is 0 Å². The van der Waals surface area contributed by atoms with Crippen LogP contribution >= 0.6 is 0 Å². The van der Waals surface area contributed by atoms with Crippen molar-refractivity contribution >= 4 is 16.7 Å². The molecule has 0 unspecified atom stereocenters. The summed E-state index contributed by atoms with van der Waals surface area (Å²) in [4.78, 5) is 10.5. The number of rotatable bonds is 7. The van der Waals surface area contributed by atoms with E-state index in [1.54, 1.807) is 0 Å². The summed E-state index contributed by atoms with van der Waals surface area (Å²) in [5, 5.41) is 1.33. The molecule has 2 fully saturated rings. The second-order valence-electron chi connectivity index (χ2n) is 10.7. The van der Waals surface area contributed by atoms with E-state index in [0.29, 0.717) is 0 Å². The van der Waals surface area contributed by atoms with Crippen molar-refractivity contribution < 1.29 is 0 Å². The predicted octanol–water partition coefficient (Wildman–Crippen LogP) is 6.27. The van der Waals surface area contributed by atoms with Crippen LogP contribution in [0.3, 0.4) is 0 Å². The Labute approximate surface area is 199 Å². The highest BCUT2D eigenvalue weighted by molar-refractivity contribution is 5.95. The van der Waals surface area contributed by atoms with Crippen LogP contribution in [0.25, 0.3) is 16.7 Å². The van der Waals surface area contributed by atoms with Gasteiger partial charge in [-0.2, -0.15) is 0 Å². The molecule has 2 aliphatic rings. The van der Waals surface area contributed by atoms with Gasteiger partial charge in [-0.3, -0.25) is 0 Å². The number of hydrogen-bond donors (Lipinski definition) is 0. The lowest BCUT2D eigenvalue weighted by molar-refractivity contribution is 0.233. The van der Waals surface area contributed by atoms with Gasteiger partial charge in [-0.1, -0.05) is 24.1 Å². The molecule has 1 saturated carbocycles. The van der Waals surface area contributed by atoms with E-state index in [2.05, 4.69) is 73.4 Å². The van der Waals surface area contributed by atoms with Crippen molar-refractivity contribution in [3.05, 3.63) is 52.3 Å². The lowest BCUT2D eigenvalue weighted by Crippen LogP contribution is -2.38. The summed E-state index contributed by atoms with van der Waals surface area (Å²) in [6, 6.07) is 6.92. The second kappa shape index (κ2) is 9.13. The zero-order valence-electron chi connectivity index (χ0n) is 21.2. The van der Waals surface area contributed by atoms with Gasteiger partial charge in [0.1, 0.15) is 5.65 Å². The molecule has 0 atom stereocenters. The molecule has 0 bridgehead atoms. The van der Waals surface area contributed by atoms with Crippen LogP contribution in [0.5, 0.6) is 0 Å². The third-order valence-electron chi connectivity index (χ3n) is 7.58. The normalized spacial score (nSPS) is 17.1. The molecule has 1 aromatic carbocycles. The molecular formula is C29H40N4. The Bertz CT molecular complexity index is 1130. The quantitative estimate of drug-likeness (QED) is 0.429. The second-order valence-corrected chi connectivity index (χ2v) is 10.7. The fraction of sp³-hybridized carbons (Fsp3) is 0.552. The van der Waals surface area contributed by atoms with Gasteiger partial charge in [0.2, 0.25) is 0 Å². The number of likely N-dealkylation sites (tertiary alicyclic amines) is 1. The van der Waals surface area contributed by atoms with E-state index in [1.807, 2.05) is 0 Å². The van der Waals surface area contributed by atoms with E-state index in [4.69, 9.17) is 4.98 Å². The van der Waals surface area contributed by atoms with E-state index >= 15 is 0 Å². The molecule has 0 spiro atoms. The summed E-state index contributed by atoms with van der Waals surface area (Å²) in [6.07, 6.45) is 9.20. The lowest BCUT2D eigenvalue weighted by Gasteiger charge is -2.32. The van der Waals surface area contributed by atoms with E-state index in [9.17, 15) is 0 Å². The number of nitrogens with zero attached hydrogens (tertiary/aromatic N) is 4. The lowest BCUT2D eigenvalue weighted by atomic mass is 10.0. The van der Waals surface area contributed by atoms with Gasteiger partial charge in [-0.15, -0.1) is 0 Å². The number of aromatic nitrogens is 2. The monoisotopic (exact) mass is 444 g/mol. The molecule has 3 heterocycles. The van der Waals surface area contributed by atoms with Gasteiger partial charge >= 0.3 is 0 Å². The molecule has 3 aromatic rings. The van der Waals surface area contributed by atoms with Crippen molar-refractivity contribution in [1.82, 2.24) is 14.5 Å². The maximum Gasteiger partial charge on any atom is 0.147 e. The number of aryl methyl sites for hydroxylation is 5. The zero-order chi connectivity index (χ0) is 23.1. The summed E-state index contributed by atoms with van der Waals surface area (Å²) in [5.74, 6) is 0.860.